The Morgan fingerprint density at radius 3 is 2.39 bits per heavy atom. The van der Waals surface area contributed by atoms with Crippen LogP contribution >= 0.6 is 0 Å². The molecule has 1 unspecified atom stereocenters. The number of halogens is 3. The van der Waals surface area contributed by atoms with Gasteiger partial charge in [0.2, 0.25) is 5.91 Å². The Labute approximate surface area is 164 Å². The Bertz CT molecular complexity index is 719. The molecule has 0 aromatic heterocycles. The minimum Gasteiger partial charge on any atom is -0.309 e. The fraction of sp³-hybridized carbons (Fsp3) is 0.409. The van der Waals surface area contributed by atoms with Gasteiger partial charge >= 0.3 is 0 Å². The standard InChI is InChI=1S/C22H27F3N2O/c1-4-8-16(5-2)27(21(28)6-3)17-11-13-26(14-12-17)15-20(25)22-18(23)9-7-10-19(22)24/h4-5,7-10,17,20H,1-2,6,11-15H2,3H3/b16-8+. The highest BCUT2D eigenvalue weighted by Gasteiger charge is 2.30. The minimum absolute atomic E-state index is 0.0109. The lowest BCUT2D eigenvalue weighted by Gasteiger charge is -2.39. The van der Waals surface area contributed by atoms with Crippen molar-refractivity contribution in [1.29, 1.82) is 0 Å². The number of hydrogen-bond donors (Lipinski definition) is 0. The molecular formula is C22H27F3N2O. The van der Waals surface area contributed by atoms with E-state index in [1.807, 2.05) is 4.90 Å². The first-order chi connectivity index (χ1) is 13.4. The van der Waals surface area contributed by atoms with Crippen LogP contribution < -0.4 is 0 Å². The smallest absolute Gasteiger partial charge is 0.226 e. The van der Waals surface area contributed by atoms with Crippen molar-refractivity contribution in [1.82, 2.24) is 9.80 Å². The molecule has 1 heterocycles. The van der Waals surface area contributed by atoms with E-state index < -0.39 is 23.4 Å². The normalized spacial score (nSPS) is 17.2. The van der Waals surface area contributed by atoms with E-state index in [9.17, 15) is 18.0 Å². The number of hydrogen-bond acceptors (Lipinski definition) is 2. The first-order valence-corrected chi connectivity index (χ1v) is 9.50. The minimum atomic E-state index is -1.74. The van der Waals surface area contributed by atoms with Crippen LogP contribution in [0.25, 0.3) is 0 Å². The van der Waals surface area contributed by atoms with Crippen molar-refractivity contribution in [2.24, 2.45) is 0 Å². The van der Waals surface area contributed by atoms with Crippen molar-refractivity contribution in [3.63, 3.8) is 0 Å². The largest absolute Gasteiger partial charge is 0.309 e. The maximum absolute atomic E-state index is 14.5. The molecule has 0 N–H and O–H groups in total. The van der Waals surface area contributed by atoms with Gasteiger partial charge in [0.1, 0.15) is 17.8 Å². The maximum Gasteiger partial charge on any atom is 0.226 e. The number of carbonyl (C=O) groups excluding carboxylic acids is 1. The lowest BCUT2D eigenvalue weighted by molar-refractivity contribution is -0.131. The summed E-state index contributed by atoms with van der Waals surface area (Å²) in [6, 6.07) is 3.32. The van der Waals surface area contributed by atoms with Crippen molar-refractivity contribution in [3.05, 3.63) is 72.5 Å². The lowest BCUT2D eigenvalue weighted by Crippen LogP contribution is -2.47. The molecule has 1 aliphatic heterocycles. The molecule has 0 radical (unpaired) electrons. The van der Waals surface area contributed by atoms with Crippen molar-refractivity contribution in [3.8, 4) is 0 Å². The molecule has 1 aromatic carbocycles. The first-order valence-electron chi connectivity index (χ1n) is 9.50. The van der Waals surface area contributed by atoms with Crippen molar-refractivity contribution >= 4 is 5.91 Å². The summed E-state index contributed by atoms with van der Waals surface area (Å²) >= 11 is 0. The second kappa shape index (κ2) is 10.3. The Morgan fingerprint density at radius 1 is 1.29 bits per heavy atom. The molecule has 0 aliphatic carbocycles. The number of alkyl halides is 1. The number of likely N-dealkylation sites (tertiary alicyclic amines) is 1. The van der Waals surface area contributed by atoms with Gasteiger partial charge in [-0.25, -0.2) is 13.2 Å². The van der Waals surface area contributed by atoms with Crippen LogP contribution in [0.15, 0.2) is 55.3 Å². The second-order valence-electron chi connectivity index (χ2n) is 6.78. The highest BCUT2D eigenvalue weighted by Crippen LogP contribution is 2.28. The Morgan fingerprint density at radius 2 is 1.89 bits per heavy atom. The summed E-state index contributed by atoms with van der Waals surface area (Å²) in [7, 11) is 0. The average molecular weight is 392 g/mol. The molecule has 1 saturated heterocycles. The van der Waals surface area contributed by atoms with Gasteiger partial charge in [-0.3, -0.25) is 9.69 Å². The molecule has 3 nitrogen and oxygen atoms in total. The van der Waals surface area contributed by atoms with E-state index in [0.29, 0.717) is 38.0 Å². The van der Waals surface area contributed by atoms with Gasteiger partial charge in [0.25, 0.3) is 0 Å². The number of allylic oxidation sites excluding steroid dienone is 3. The van der Waals surface area contributed by atoms with Gasteiger partial charge in [0.05, 0.1) is 5.56 Å². The summed E-state index contributed by atoms with van der Waals surface area (Å²) in [5.74, 6) is -1.75. The average Bonchev–Trinajstić information content (AvgIpc) is 2.68. The topological polar surface area (TPSA) is 23.6 Å². The number of piperidine rings is 1. The van der Waals surface area contributed by atoms with Crippen LogP contribution in [-0.2, 0) is 4.79 Å². The van der Waals surface area contributed by atoms with Crippen LogP contribution in [0.1, 0.15) is 37.9 Å². The summed E-state index contributed by atoms with van der Waals surface area (Å²) in [4.78, 5) is 16.0. The van der Waals surface area contributed by atoms with Gasteiger partial charge in [-0.1, -0.05) is 32.2 Å². The fourth-order valence-electron chi connectivity index (χ4n) is 3.58. The van der Waals surface area contributed by atoms with Crippen LogP contribution in [0.3, 0.4) is 0 Å². The molecule has 0 saturated carbocycles. The maximum atomic E-state index is 14.5. The van der Waals surface area contributed by atoms with E-state index in [4.69, 9.17) is 0 Å². The Kier molecular flexibility index (Phi) is 8.05. The predicted octanol–water partition coefficient (Wildman–Crippen LogP) is 4.93. The third-order valence-electron chi connectivity index (χ3n) is 5.00. The van der Waals surface area contributed by atoms with Crippen LogP contribution in [-0.4, -0.2) is 41.4 Å². The van der Waals surface area contributed by atoms with Crippen molar-refractivity contribution < 1.29 is 18.0 Å². The summed E-state index contributed by atoms with van der Waals surface area (Å²) in [5, 5.41) is 0. The third-order valence-corrected chi connectivity index (χ3v) is 5.00. The molecule has 1 atom stereocenters. The monoisotopic (exact) mass is 392 g/mol. The van der Waals surface area contributed by atoms with E-state index >= 15 is 0 Å². The number of benzene rings is 1. The molecule has 1 amide bonds. The summed E-state index contributed by atoms with van der Waals surface area (Å²) in [6.45, 7) is 10.2. The molecule has 6 heteroatoms. The number of amides is 1. The molecule has 1 aromatic rings. The SMILES string of the molecule is C=C/C=C(\C=C)N(C(=O)CC)C1CCN(CC(F)c2c(F)cccc2F)CC1. The van der Waals surface area contributed by atoms with E-state index in [0.717, 1.165) is 12.1 Å². The van der Waals surface area contributed by atoms with E-state index in [1.54, 1.807) is 30.1 Å². The number of carbonyl (C=O) groups is 1. The molecule has 2 rings (SSSR count). The van der Waals surface area contributed by atoms with Gasteiger partial charge < -0.3 is 4.90 Å². The first kappa shape index (κ1) is 22.0. The molecular weight excluding hydrogens is 365 g/mol. The van der Waals surface area contributed by atoms with E-state index in [1.165, 1.54) is 6.07 Å². The summed E-state index contributed by atoms with van der Waals surface area (Å²) in [6.07, 6.45) is 4.88. The number of rotatable bonds is 8. The summed E-state index contributed by atoms with van der Waals surface area (Å²) in [5.41, 5.74) is 0.173. The zero-order valence-electron chi connectivity index (χ0n) is 16.2. The van der Waals surface area contributed by atoms with Crippen molar-refractivity contribution in [2.45, 2.75) is 38.4 Å². The molecule has 0 spiro atoms. The fourth-order valence-corrected chi connectivity index (χ4v) is 3.58. The number of nitrogens with zero attached hydrogens (tertiary/aromatic N) is 2. The van der Waals surface area contributed by atoms with Gasteiger partial charge in [-0.2, -0.15) is 0 Å². The highest BCUT2D eigenvalue weighted by atomic mass is 19.2. The Balaban J connectivity index is 2.04. The second-order valence-corrected chi connectivity index (χ2v) is 6.78. The zero-order chi connectivity index (χ0) is 20.7. The third kappa shape index (κ3) is 5.13. The summed E-state index contributed by atoms with van der Waals surface area (Å²) < 4.78 is 42.1. The van der Waals surface area contributed by atoms with Crippen LogP contribution in [0.4, 0.5) is 13.2 Å². The van der Waals surface area contributed by atoms with Gasteiger partial charge in [0, 0.05) is 37.8 Å². The van der Waals surface area contributed by atoms with Gasteiger partial charge in [-0.15, -0.1) is 0 Å². The van der Waals surface area contributed by atoms with Gasteiger partial charge in [0.15, 0.2) is 0 Å². The molecule has 28 heavy (non-hydrogen) atoms. The molecule has 0 bridgehead atoms. The van der Waals surface area contributed by atoms with E-state index in [2.05, 4.69) is 13.2 Å². The quantitative estimate of drug-likeness (QED) is 0.586. The Hall–Kier alpha value is -2.34. The van der Waals surface area contributed by atoms with Crippen LogP contribution in [0, 0.1) is 11.6 Å². The van der Waals surface area contributed by atoms with Gasteiger partial charge in [-0.05, 0) is 37.1 Å². The van der Waals surface area contributed by atoms with Crippen molar-refractivity contribution in [2.75, 3.05) is 19.6 Å². The van der Waals surface area contributed by atoms with Crippen LogP contribution in [0.2, 0.25) is 0 Å². The van der Waals surface area contributed by atoms with Crippen LogP contribution in [0.5, 0.6) is 0 Å². The predicted molar refractivity (Wildman–Crippen MR) is 105 cm³/mol. The lowest BCUT2D eigenvalue weighted by atomic mass is 10.0. The highest BCUT2D eigenvalue weighted by molar-refractivity contribution is 5.78. The van der Waals surface area contributed by atoms with E-state index in [-0.39, 0.29) is 18.5 Å². The molecule has 1 fully saturated rings. The zero-order valence-corrected chi connectivity index (χ0v) is 16.2. The molecule has 152 valence electrons. The molecule has 1 aliphatic rings.